The van der Waals surface area contributed by atoms with Gasteiger partial charge >= 0.3 is 0 Å². The number of nitrogens with zero attached hydrogens (tertiary/aromatic N) is 2. The third-order valence-corrected chi connectivity index (χ3v) is 6.75. The quantitative estimate of drug-likeness (QED) is 0.393. The number of hydrogen-bond donors (Lipinski definition) is 1. The number of amides is 1. The number of methoxy groups -OCH3 is 1. The van der Waals surface area contributed by atoms with Crippen molar-refractivity contribution in [2.45, 2.75) is 20.8 Å². The maximum Gasteiger partial charge on any atom is 0.273 e. The van der Waals surface area contributed by atoms with Crippen molar-refractivity contribution in [1.82, 2.24) is 4.57 Å². The van der Waals surface area contributed by atoms with Crippen molar-refractivity contribution in [1.29, 1.82) is 5.26 Å². The van der Waals surface area contributed by atoms with Crippen LogP contribution in [-0.2, 0) is 4.79 Å². The minimum Gasteiger partial charge on any atom is -0.493 e. The Kier molecular flexibility index (Phi) is 8.09. The summed E-state index contributed by atoms with van der Waals surface area (Å²) in [4.78, 5) is 26.9. The molecule has 0 bridgehead atoms. The molecular weight excluding hydrogens is 498 g/mol. The van der Waals surface area contributed by atoms with Crippen LogP contribution in [0.25, 0.3) is 17.3 Å². The summed E-state index contributed by atoms with van der Waals surface area (Å²) in [6.07, 6.45) is 1.71. The van der Waals surface area contributed by atoms with Gasteiger partial charge in [0, 0.05) is 5.69 Å². The first kappa shape index (κ1) is 26.5. The summed E-state index contributed by atoms with van der Waals surface area (Å²) in [6.45, 7) is 6.24. The first-order valence-corrected chi connectivity index (χ1v) is 12.8. The standard InChI is InChI=1S/C30H27N3O4S/c1-5-37-25-12-11-21(16-26(25)36-4)17-27-29(35)33(23-9-7-6-8-10-23)30(38-27)24(18-31)28(34)32-22-14-19(2)13-20(3)15-22/h6-17H,5H2,1-4H3,(H,32,34)/b27-17+,30-24+. The molecule has 0 aliphatic heterocycles. The molecule has 1 N–H and O–H groups in total. The van der Waals surface area contributed by atoms with Crippen molar-refractivity contribution in [2.75, 3.05) is 19.0 Å². The molecule has 4 rings (SSSR count). The van der Waals surface area contributed by atoms with Gasteiger partial charge < -0.3 is 14.8 Å². The van der Waals surface area contributed by atoms with E-state index in [1.54, 1.807) is 49.6 Å². The number of thiazole rings is 1. The fraction of sp³-hybridized carbons (Fsp3) is 0.167. The van der Waals surface area contributed by atoms with Gasteiger partial charge in [0.2, 0.25) is 0 Å². The Bertz CT molecular complexity index is 1690. The van der Waals surface area contributed by atoms with Crippen LogP contribution in [0.2, 0.25) is 0 Å². The van der Waals surface area contributed by atoms with Gasteiger partial charge in [-0.25, -0.2) is 0 Å². The molecule has 0 radical (unpaired) electrons. The Morgan fingerprint density at radius 2 is 1.76 bits per heavy atom. The van der Waals surface area contributed by atoms with Crippen LogP contribution in [0.4, 0.5) is 5.69 Å². The predicted molar refractivity (Wildman–Crippen MR) is 150 cm³/mol. The number of anilines is 1. The van der Waals surface area contributed by atoms with E-state index in [0.29, 0.717) is 39.6 Å². The van der Waals surface area contributed by atoms with Crippen LogP contribution in [0.5, 0.6) is 11.5 Å². The van der Waals surface area contributed by atoms with Crippen LogP contribution in [0, 0.1) is 25.2 Å². The fourth-order valence-electron chi connectivity index (χ4n) is 4.10. The second kappa shape index (κ2) is 11.6. The van der Waals surface area contributed by atoms with Crippen LogP contribution in [-0.4, -0.2) is 24.2 Å². The van der Waals surface area contributed by atoms with E-state index in [0.717, 1.165) is 22.5 Å². The van der Waals surface area contributed by atoms with Gasteiger partial charge in [-0.05, 0) is 79.9 Å². The molecule has 0 unspecified atom stereocenters. The second-order valence-corrected chi connectivity index (χ2v) is 9.58. The molecule has 0 aliphatic rings. The molecule has 1 amide bonds. The summed E-state index contributed by atoms with van der Waals surface area (Å²) in [5.74, 6) is 0.555. The summed E-state index contributed by atoms with van der Waals surface area (Å²) < 4.78 is 13.0. The summed E-state index contributed by atoms with van der Waals surface area (Å²) in [6, 6.07) is 22.0. The predicted octanol–water partition coefficient (Wildman–Crippen LogP) is 4.06. The number of ether oxygens (including phenoxy) is 2. The van der Waals surface area contributed by atoms with Crippen LogP contribution >= 0.6 is 11.3 Å². The number of aromatic nitrogens is 1. The molecule has 7 nitrogen and oxygen atoms in total. The second-order valence-electron chi connectivity index (χ2n) is 8.55. The topological polar surface area (TPSA) is 93.4 Å². The molecule has 0 aliphatic carbocycles. The largest absolute Gasteiger partial charge is 0.493 e. The average molecular weight is 526 g/mol. The van der Waals surface area contributed by atoms with Crippen molar-refractivity contribution >= 4 is 34.6 Å². The third kappa shape index (κ3) is 5.69. The zero-order valence-corrected chi connectivity index (χ0v) is 22.4. The Balaban J connectivity index is 1.92. The van der Waals surface area contributed by atoms with E-state index in [4.69, 9.17) is 9.47 Å². The lowest BCUT2D eigenvalue weighted by Crippen LogP contribution is -2.32. The number of nitrogens with one attached hydrogen (secondary N) is 1. The first-order chi connectivity index (χ1) is 18.3. The monoisotopic (exact) mass is 525 g/mol. The lowest BCUT2D eigenvalue weighted by atomic mass is 10.1. The van der Waals surface area contributed by atoms with Gasteiger partial charge in [-0.1, -0.05) is 30.3 Å². The third-order valence-electron chi connectivity index (χ3n) is 5.66. The molecule has 0 spiro atoms. The minimum atomic E-state index is -0.585. The molecule has 38 heavy (non-hydrogen) atoms. The SMILES string of the molecule is CCOc1ccc(/C=c2/s/c(=C(\C#N)C(=O)Nc3cc(C)cc(C)c3)n(-c3ccccc3)c2=O)cc1OC. The van der Waals surface area contributed by atoms with E-state index < -0.39 is 5.91 Å². The summed E-state index contributed by atoms with van der Waals surface area (Å²) >= 11 is 1.08. The van der Waals surface area contributed by atoms with Gasteiger partial charge in [-0.2, -0.15) is 5.26 Å². The number of carbonyl (C=O) groups excluding carboxylic acids is 1. The van der Waals surface area contributed by atoms with Crippen LogP contribution in [0.3, 0.4) is 0 Å². The number of benzene rings is 3. The number of aryl methyl sites for hydroxylation is 2. The van der Waals surface area contributed by atoms with Gasteiger partial charge in [0.25, 0.3) is 11.5 Å². The van der Waals surface area contributed by atoms with E-state index in [1.165, 1.54) is 4.57 Å². The molecule has 0 saturated carbocycles. The van der Waals surface area contributed by atoms with Crippen LogP contribution < -0.4 is 29.5 Å². The van der Waals surface area contributed by atoms with E-state index in [9.17, 15) is 14.9 Å². The molecule has 0 saturated heterocycles. The maximum atomic E-state index is 13.6. The molecule has 1 heterocycles. The van der Waals surface area contributed by atoms with Crippen molar-refractivity contribution in [2.24, 2.45) is 0 Å². The van der Waals surface area contributed by atoms with E-state index in [-0.39, 0.29) is 15.8 Å². The fourth-order valence-corrected chi connectivity index (χ4v) is 5.20. The van der Waals surface area contributed by atoms with Gasteiger partial charge in [-0.3, -0.25) is 14.2 Å². The number of nitriles is 1. The normalized spacial score (nSPS) is 12.0. The molecular formula is C30H27N3O4S. The molecule has 0 fully saturated rings. The molecule has 8 heteroatoms. The van der Waals surface area contributed by atoms with Crippen LogP contribution in [0.1, 0.15) is 23.6 Å². The Labute approximate surface area is 224 Å². The molecule has 0 atom stereocenters. The highest BCUT2D eigenvalue weighted by molar-refractivity contribution is 7.07. The van der Waals surface area contributed by atoms with Crippen molar-refractivity contribution in [3.8, 4) is 23.3 Å². The smallest absolute Gasteiger partial charge is 0.273 e. The lowest BCUT2D eigenvalue weighted by molar-refractivity contribution is -0.111. The molecule has 3 aromatic carbocycles. The zero-order valence-electron chi connectivity index (χ0n) is 21.6. The maximum absolute atomic E-state index is 13.6. The van der Waals surface area contributed by atoms with Gasteiger partial charge in [-0.15, -0.1) is 11.3 Å². The first-order valence-electron chi connectivity index (χ1n) is 12.0. The van der Waals surface area contributed by atoms with Crippen molar-refractivity contribution in [3.05, 3.63) is 103 Å². The Morgan fingerprint density at radius 1 is 1.05 bits per heavy atom. The van der Waals surface area contributed by atoms with Crippen molar-refractivity contribution < 1.29 is 14.3 Å². The zero-order chi connectivity index (χ0) is 27.2. The number of rotatable bonds is 7. The summed E-state index contributed by atoms with van der Waals surface area (Å²) in [7, 11) is 1.55. The Hall–Kier alpha value is -4.61. The highest BCUT2D eigenvalue weighted by Gasteiger charge is 2.17. The summed E-state index contributed by atoms with van der Waals surface area (Å²) in [5, 5.41) is 12.9. The van der Waals surface area contributed by atoms with E-state index >= 15 is 0 Å². The molecule has 4 aromatic rings. The van der Waals surface area contributed by atoms with Crippen LogP contribution in [0.15, 0.2) is 71.5 Å². The average Bonchev–Trinajstić information content (AvgIpc) is 3.20. The Morgan fingerprint density at radius 3 is 2.39 bits per heavy atom. The lowest BCUT2D eigenvalue weighted by Gasteiger charge is -2.09. The minimum absolute atomic E-state index is 0.154. The molecule has 192 valence electrons. The highest BCUT2D eigenvalue weighted by Crippen LogP contribution is 2.28. The highest BCUT2D eigenvalue weighted by atomic mass is 32.1. The van der Waals surface area contributed by atoms with Crippen molar-refractivity contribution in [3.63, 3.8) is 0 Å². The van der Waals surface area contributed by atoms with E-state index in [1.807, 2.05) is 57.2 Å². The van der Waals surface area contributed by atoms with E-state index in [2.05, 4.69) is 5.32 Å². The van der Waals surface area contributed by atoms with Gasteiger partial charge in [0.05, 0.1) is 23.9 Å². The van der Waals surface area contributed by atoms with Gasteiger partial charge in [0.1, 0.15) is 10.7 Å². The van der Waals surface area contributed by atoms with Gasteiger partial charge in [0.15, 0.2) is 17.1 Å². The summed E-state index contributed by atoms with van der Waals surface area (Å²) in [5.41, 5.74) is 3.33. The number of para-hydroxylation sites is 1. The molecule has 1 aromatic heterocycles. The number of carbonyl (C=O) groups is 1. The number of hydrogen-bond acceptors (Lipinski definition) is 6.